The summed E-state index contributed by atoms with van der Waals surface area (Å²) in [7, 11) is 0. The number of hydrogen-bond acceptors (Lipinski definition) is 2. The first kappa shape index (κ1) is 13.8. The summed E-state index contributed by atoms with van der Waals surface area (Å²) in [6.07, 6.45) is 1.19. The van der Waals surface area contributed by atoms with Gasteiger partial charge in [0.05, 0.1) is 5.92 Å². The second kappa shape index (κ2) is 6.00. The number of nitrogens with zero attached hydrogens (tertiary/aromatic N) is 1. The summed E-state index contributed by atoms with van der Waals surface area (Å²) < 4.78 is 0. The third kappa shape index (κ3) is 3.43. The molecule has 0 aromatic heterocycles. The molecule has 3 heteroatoms. The lowest BCUT2D eigenvalue weighted by Crippen LogP contribution is -2.30. The maximum absolute atomic E-state index is 12.2. The van der Waals surface area contributed by atoms with Crippen LogP contribution in [-0.2, 0) is 16.1 Å². The van der Waals surface area contributed by atoms with Crippen molar-refractivity contribution in [1.29, 1.82) is 0 Å². The zero-order valence-corrected chi connectivity index (χ0v) is 11.6. The molecule has 0 N–H and O–H groups in total. The molecule has 1 unspecified atom stereocenters. The van der Waals surface area contributed by atoms with Gasteiger partial charge in [-0.3, -0.25) is 9.59 Å². The quantitative estimate of drug-likeness (QED) is 0.762. The van der Waals surface area contributed by atoms with Crippen molar-refractivity contribution in [1.82, 2.24) is 4.90 Å². The Bertz CT molecular complexity index is 453. The van der Waals surface area contributed by atoms with Gasteiger partial charge in [-0.15, -0.1) is 0 Å². The summed E-state index contributed by atoms with van der Waals surface area (Å²) in [5.41, 5.74) is 1.12. The molecular formula is C16H21NO2. The summed E-state index contributed by atoms with van der Waals surface area (Å²) in [4.78, 5) is 26.1. The van der Waals surface area contributed by atoms with Crippen LogP contribution in [0.15, 0.2) is 30.3 Å². The van der Waals surface area contributed by atoms with Crippen LogP contribution in [0.25, 0.3) is 0 Å². The lowest BCUT2D eigenvalue weighted by molar-refractivity contribution is -0.137. The largest absolute Gasteiger partial charge is 0.338 e. The molecule has 1 aromatic rings. The zero-order chi connectivity index (χ0) is 13.8. The summed E-state index contributed by atoms with van der Waals surface area (Å²) in [6.45, 7) is 5.34. The Morgan fingerprint density at radius 3 is 2.63 bits per heavy atom. The fourth-order valence-electron chi connectivity index (χ4n) is 2.54. The van der Waals surface area contributed by atoms with Crippen molar-refractivity contribution in [3.8, 4) is 0 Å². The standard InChI is InChI=1S/C16H21NO2/c1-12(2)10-15(18)14-8-9-17(16(14)19)11-13-6-4-3-5-7-13/h3-7,12,14H,8-11H2,1-2H3. The summed E-state index contributed by atoms with van der Waals surface area (Å²) in [5.74, 6) is 0.0413. The lowest BCUT2D eigenvalue weighted by atomic mass is 9.95. The molecule has 1 atom stereocenters. The van der Waals surface area contributed by atoms with E-state index in [-0.39, 0.29) is 11.7 Å². The summed E-state index contributed by atoms with van der Waals surface area (Å²) in [5, 5.41) is 0. The maximum atomic E-state index is 12.2. The number of rotatable bonds is 5. The normalized spacial score (nSPS) is 19.2. The van der Waals surface area contributed by atoms with Crippen LogP contribution in [0.3, 0.4) is 0 Å². The van der Waals surface area contributed by atoms with E-state index in [1.807, 2.05) is 44.2 Å². The van der Waals surface area contributed by atoms with Gasteiger partial charge in [-0.1, -0.05) is 44.2 Å². The van der Waals surface area contributed by atoms with E-state index in [1.165, 1.54) is 0 Å². The van der Waals surface area contributed by atoms with Gasteiger partial charge in [-0.2, -0.15) is 0 Å². The number of Topliss-reactive ketones (excluding diaryl/α,β-unsaturated/α-hetero) is 1. The van der Waals surface area contributed by atoms with Crippen molar-refractivity contribution in [3.63, 3.8) is 0 Å². The molecule has 2 rings (SSSR count). The minimum atomic E-state index is -0.397. The maximum Gasteiger partial charge on any atom is 0.233 e. The van der Waals surface area contributed by atoms with E-state index in [9.17, 15) is 9.59 Å². The molecule has 1 aliphatic rings. The highest BCUT2D eigenvalue weighted by molar-refractivity contribution is 6.02. The van der Waals surface area contributed by atoms with Crippen LogP contribution in [0.5, 0.6) is 0 Å². The van der Waals surface area contributed by atoms with E-state index in [2.05, 4.69) is 0 Å². The Labute approximate surface area is 114 Å². The van der Waals surface area contributed by atoms with Gasteiger partial charge in [0.2, 0.25) is 5.91 Å². The van der Waals surface area contributed by atoms with Crippen LogP contribution >= 0.6 is 0 Å². The van der Waals surface area contributed by atoms with Gasteiger partial charge in [0.1, 0.15) is 5.78 Å². The number of hydrogen-bond donors (Lipinski definition) is 0. The Hall–Kier alpha value is -1.64. The van der Waals surface area contributed by atoms with E-state index >= 15 is 0 Å². The Kier molecular flexibility index (Phi) is 4.35. The van der Waals surface area contributed by atoms with Crippen LogP contribution in [0.4, 0.5) is 0 Å². The van der Waals surface area contributed by atoms with Crippen molar-refractivity contribution < 1.29 is 9.59 Å². The highest BCUT2D eigenvalue weighted by Crippen LogP contribution is 2.23. The van der Waals surface area contributed by atoms with Gasteiger partial charge in [0, 0.05) is 19.5 Å². The highest BCUT2D eigenvalue weighted by atomic mass is 16.2. The van der Waals surface area contributed by atoms with Crippen molar-refractivity contribution in [2.45, 2.75) is 33.2 Å². The van der Waals surface area contributed by atoms with E-state index in [4.69, 9.17) is 0 Å². The van der Waals surface area contributed by atoms with Gasteiger partial charge in [-0.25, -0.2) is 0 Å². The molecule has 3 nitrogen and oxygen atoms in total. The first-order chi connectivity index (χ1) is 9.08. The van der Waals surface area contributed by atoms with E-state index in [0.717, 1.165) is 5.56 Å². The Balaban J connectivity index is 1.96. The van der Waals surface area contributed by atoms with Crippen LogP contribution in [0.2, 0.25) is 0 Å². The number of benzene rings is 1. The van der Waals surface area contributed by atoms with Crippen LogP contribution in [-0.4, -0.2) is 23.1 Å². The van der Waals surface area contributed by atoms with Gasteiger partial charge >= 0.3 is 0 Å². The van der Waals surface area contributed by atoms with Gasteiger partial charge in [0.25, 0.3) is 0 Å². The van der Waals surface area contributed by atoms with Crippen molar-refractivity contribution in [3.05, 3.63) is 35.9 Å². The molecule has 1 heterocycles. The predicted octanol–water partition coefficient (Wildman–Crippen LogP) is 2.65. The second-order valence-electron chi connectivity index (χ2n) is 5.65. The van der Waals surface area contributed by atoms with E-state index < -0.39 is 5.92 Å². The van der Waals surface area contributed by atoms with Crippen LogP contribution < -0.4 is 0 Å². The SMILES string of the molecule is CC(C)CC(=O)C1CCN(Cc2ccccc2)C1=O. The van der Waals surface area contributed by atoms with Gasteiger partial charge < -0.3 is 4.90 Å². The monoisotopic (exact) mass is 259 g/mol. The minimum absolute atomic E-state index is 0.00880. The molecule has 19 heavy (non-hydrogen) atoms. The average molecular weight is 259 g/mol. The van der Waals surface area contributed by atoms with Crippen molar-refractivity contribution >= 4 is 11.7 Å². The highest BCUT2D eigenvalue weighted by Gasteiger charge is 2.36. The molecule has 0 aliphatic carbocycles. The Morgan fingerprint density at radius 1 is 1.32 bits per heavy atom. The van der Waals surface area contributed by atoms with Crippen LogP contribution in [0.1, 0.15) is 32.3 Å². The number of amides is 1. The second-order valence-corrected chi connectivity index (χ2v) is 5.65. The molecule has 0 saturated carbocycles. The molecule has 1 aliphatic heterocycles. The average Bonchev–Trinajstić information content (AvgIpc) is 2.72. The molecular weight excluding hydrogens is 238 g/mol. The summed E-state index contributed by atoms with van der Waals surface area (Å²) in [6, 6.07) is 9.92. The molecule has 1 fully saturated rings. The topological polar surface area (TPSA) is 37.4 Å². The number of carbonyl (C=O) groups excluding carboxylic acids is 2. The minimum Gasteiger partial charge on any atom is -0.338 e. The number of ketones is 1. The fourth-order valence-corrected chi connectivity index (χ4v) is 2.54. The molecule has 1 aromatic carbocycles. The predicted molar refractivity (Wildman–Crippen MR) is 74.4 cm³/mol. The molecule has 0 radical (unpaired) electrons. The third-order valence-electron chi connectivity index (χ3n) is 3.51. The molecule has 102 valence electrons. The molecule has 0 bridgehead atoms. The van der Waals surface area contributed by atoms with Gasteiger partial charge in [-0.05, 0) is 17.9 Å². The van der Waals surface area contributed by atoms with Crippen LogP contribution in [0, 0.1) is 11.8 Å². The van der Waals surface area contributed by atoms with E-state index in [1.54, 1.807) is 4.90 Å². The number of likely N-dealkylation sites (tertiary alicyclic amines) is 1. The third-order valence-corrected chi connectivity index (χ3v) is 3.51. The fraction of sp³-hybridized carbons (Fsp3) is 0.500. The first-order valence-electron chi connectivity index (χ1n) is 6.93. The van der Waals surface area contributed by atoms with Gasteiger partial charge in [0.15, 0.2) is 0 Å². The smallest absolute Gasteiger partial charge is 0.233 e. The lowest BCUT2D eigenvalue weighted by Gasteiger charge is -2.16. The molecule has 0 spiro atoms. The first-order valence-corrected chi connectivity index (χ1v) is 6.93. The molecule has 1 amide bonds. The van der Waals surface area contributed by atoms with Crippen molar-refractivity contribution in [2.24, 2.45) is 11.8 Å². The number of carbonyl (C=O) groups is 2. The zero-order valence-electron chi connectivity index (χ0n) is 11.6. The Morgan fingerprint density at radius 2 is 2.00 bits per heavy atom. The summed E-state index contributed by atoms with van der Waals surface area (Å²) >= 11 is 0. The molecule has 1 saturated heterocycles. The van der Waals surface area contributed by atoms with Crippen molar-refractivity contribution in [2.75, 3.05) is 6.54 Å². The van der Waals surface area contributed by atoms with E-state index in [0.29, 0.717) is 31.8 Å².